The normalized spacial score (nSPS) is 14.3. The maximum atomic E-state index is 13.3. The summed E-state index contributed by atoms with van der Waals surface area (Å²) in [6.45, 7) is 0. The Morgan fingerprint density at radius 1 is 1.10 bits per heavy atom. The summed E-state index contributed by atoms with van der Waals surface area (Å²) in [5.74, 6) is -0.776. The molecule has 8 heteroatoms. The first kappa shape index (κ1) is 20.6. The van der Waals surface area contributed by atoms with Crippen LogP contribution in [0.25, 0.3) is 0 Å². The number of hydrogen-bond acceptors (Lipinski definition) is 6. The number of hydrogen-bond donors (Lipinski definition) is 3. The molecule has 3 aromatic rings. The van der Waals surface area contributed by atoms with Crippen LogP contribution in [0.4, 0.5) is 21.5 Å². The van der Waals surface area contributed by atoms with Crippen LogP contribution in [0, 0.1) is 11.7 Å². The molecule has 1 aliphatic carbocycles. The van der Waals surface area contributed by atoms with Gasteiger partial charge in [0.2, 0.25) is 0 Å². The van der Waals surface area contributed by atoms with Crippen molar-refractivity contribution in [3.05, 3.63) is 79.9 Å². The van der Waals surface area contributed by atoms with Crippen molar-refractivity contribution in [2.45, 2.75) is 18.9 Å². The molecule has 0 radical (unpaired) electrons. The number of phenolic OH excluding ortho intramolecular Hbond substituents is 1. The van der Waals surface area contributed by atoms with Crippen LogP contribution in [0.2, 0.25) is 0 Å². The van der Waals surface area contributed by atoms with Crippen LogP contribution in [-0.4, -0.2) is 30.0 Å². The van der Waals surface area contributed by atoms with Gasteiger partial charge in [-0.3, -0.25) is 14.4 Å². The molecule has 3 N–H and O–H groups in total. The predicted octanol–water partition coefficient (Wildman–Crippen LogP) is 3.63. The van der Waals surface area contributed by atoms with E-state index in [9.17, 15) is 23.9 Å². The van der Waals surface area contributed by atoms with E-state index in [-0.39, 0.29) is 49.0 Å². The Morgan fingerprint density at radius 3 is 2.35 bits per heavy atom. The zero-order chi connectivity index (χ0) is 22.3. The summed E-state index contributed by atoms with van der Waals surface area (Å²) < 4.78 is 13.3. The molecule has 0 bridgehead atoms. The molecule has 4 rings (SSSR count). The van der Waals surface area contributed by atoms with Crippen molar-refractivity contribution >= 4 is 23.0 Å². The van der Waals surface area contributed by atoms with Crippen LogP contribution < -0.4 is 21.5 Å². The van der Waals surface area contributed by atoms with Gasteiger partial charge in [0.25, 0.3) is 16.8 Å². The zero-order valence-electron chi connectivity index (χ0n) is 17.1. The molecule has 0 aromatic heterocycles. The fraction of sp³-hybridized carbons (Fsp3) is 0.261. The topological polar surface area (TPSA) is 98.7 Å². The second kappa shape index (κ2) is 7.86. The van der Waals surface area contributed by atoms with Crippen molar-refractivity contribution in [1.82, 2.24) is 4.90 Å². The van der Waals surface area contributed by atoms with Crippen LogP contribution in [-0.2, 0) is 0 Å². The number of carbonyl (C=O) groups excluding carboxylic acids is 1. The number of nitrogens with zero attached hydrogens (tertiary/aromatic N) is 1. The second-order valence-electron chi connectivity index (χ2n) is 7.95. The highest BCUT2D eigenvalue weighted by molar-refractivity contribution is 5.99. The lowest BCUT2D eigenvalue weighted by Gasteiger charge is -2.23. The van der Waals surface area contributed by atoms with Crippen LogP contribution in [0.15, 0.2) is 52.1 Å². The van der Waals surface area contributed by atoms with Gasteiger partial charge in [-0.15, -0.1) is 0 Å². The Bertz CT molecular complexity index is 1220. The van der Waals surface area contributed by atoms with E-state index in [2.05, 4.69) is 10.6 Å². The van der Waals surface area contributed by atoms with Gasteiger partial charge in [-0.05, 0) is 48.6 Å². The van der Waals surface area contributed by atoms with Crippen molar-refractivity contribution < 1.29 is 17.1 Å². The van der Waals surface area contributed by atoms with Crippen molar-refractivity contribution in [2.75, 3.05) is 24.7 Å². The molecule has 0 unspecified atom stereocenters. The van der Waals surface area contributed by atoms with Crippen molar-refractivity contribution in [3.63, 3.8) is 0 Å². The first-order valence-corrected chi connectivity index (χ1v) is 9.94. The lowest BCUT2D eigenvalue weighted by molar-refractivity contribution is 0.0824. The summed E-state index contributed by atoms with van der Waals surface area (Å²) >= 11 is 0. The van der Waals surface area contributed by atoms with Crippen molar-refractivity contribution in [3.8, 4) is 5.75 Å². The molecule has 1 atom stereocenters. The SMILES string of the molecule is CN(C)C(=O)c1cccc(Nc2c(N[C@H](c3ccc(F)cc3)C3CC3)c(=O)c2=O)c1O.[HH].[HH]. The third kappa shape index (κ3) is 3.88. The molecule has 0 saturated heterocycles. The van der Waals surface area contributed by atoms with E-state index >= 15 is 0 Å². The minimum absolute atomic E-state index is 0. The van der Waals surface area contributed by atoms with Gasteiger partial charge in [0, 0.05) is 16.9 Å². The molecule has 3 aromatic carbocycles. The highest BCUT2D eigenvalue weighted by Gasteiger charge is 2.35. The molecule has 7 nitrogen and oxygen atoms in total. The fourth-order valence-electron chi connectivity index (χ4n) is 3.57. The second-order valence-corrected chi connectivity index (χ2v) is 7.95. The van der Waals surface area contributed by atoms with E-state index in [1.54, 1.807) is 32.3 Å². The van der Waals surface area contributed by atoms with Gasteiger partial charge in [-0.1, -0.05) is 18.2 Å². The van der Waals surface area contributed by atoms with Crippen molar-refractivity contribution in [1.29, 1.82) is 0 Å². The Labute approximate surface area is 180 Å². The molecular weight excluding hydrogens is 401 g/mol. The van der Waals surface area contributed by atoms with E-state index < -0.39 is 16.8 Å². The van der Waals surface area contributed by atoms with E-state index in [1.807, 2.05) is 0 Å². The van der Waals surface area contributed by atoms with Crippen LogP contribution in [0.1, 0.15) is 37.7 Å². The molecule has 0 spiro atoms. The van der Waals surface area contributed by atoms with Gasteiger partial charge in [0.05, 0.1) is 17.3 Å². The Hall–Kier alpha value is -3.68. The third-order valence-electron chi connectivity index (χ3n) is 5.47. The highest BCUT2D eigenvalue weighted by atomic mass is 19.1. The van der Waals surface area contributed by atoms with Gasteiger partial charge in [0.1, 0.15) is 17.2 Å². The number of para-hydroxylation sites is 1. The molecule has 31 heavy (non-hydrogen) atoms. The molecule has 0 heterocycles. The zero-order valence-corrected chi connectivity index (χ0v) is 17.1. The maximum absolute atomic E-state index is 13.3. The number of carbonyl (C=O) groups is 1. The number of benzene rings is 2. The molecule has 1 saturated carbocycles. The van der Waals surface area contributed by atoms with Crippen LogP contribution in [0.3, 0.4) is 0 Å². The smallest absolute Gasteiger partial charge is 0.257 e. The average Bonchev–Trinajstić information content (AvgIpc) is 3.59. The van der Waals surface area contributed by atoms with Gasteiger partial charge in [-0.2, -0.15) is 0 Å². The van der Waals surface area contributed by atoms with Gasteiger partial charge in [0.15, 0.2) is 5.75 Å². The molecule has 1 fully saturated rings. The van der Waals surface area contributed by atoms with Gasteiger partial charge < -0.3 is 20.6 Å². The molecule has 0 aliphatic heterocycles. The monoisotopic (exact) mass is 427 g/mol. The summed E-state index contributed by atoms with van der Waals surface area (Å²) in [5.41, 5.74) is -0.171. The number of halogens is 1. The first-order chi connectivity index (χ1) is 14.8. The minimum atomic E-state index is -0.708. The van der Waals surface area contributed by atoms with E-state index in [0.717, 1.165) is 18.4 Å². The van der Waals surface area contributed by atoms with E-state index in [4.69, 9.17) is 0 Å². The fourth-order valence-corrected chi connectivity index (χ4v) is 3.57. The number of nitrogens with one attached hydrogen (secondary N) is 2. The van der Waals surface area contributed by atoms with E-state index in [0.29, 0.717) is 0 Å². The third-order valence-corrected chi connectivity index (χ3v) is 5.47. The standard InChI is InChI=1S/C23H22FN3O4.2H2/c1-27(2)23(31)15-4-3-5-16(20(15)28)25-18-19(22(30)21(18)29)26-17(12-6-7-12)13-8-10-14(24)11-9-13;;/h3-5,8-12,17,25-26,28H,6-7H2,1-2H3;2*1H/t17-;;/m0../s1. The predicted molar refractivity (Wildman–Crippen MR) is 120 cm³/mol. The van der Waals surface area contributed by atoms with Gasteiger partial charge in [-0.25, -0.2) is 4.39 Å². The maximum Gasteiger partial charge on any atom is 0.257 e. The number of phenols is 1. The van der Waals surface area contributed by atoms with Crippen molar-refractivity contribution in [2.24, 2.45) is 5.92 Å². The number of anilines is 3. The van der Waals surface area contributed by atoms with E-state index in [1.165, 1.54) is 29.2 Å². The molecule has 1 aliphatic rings. The highest BCUT2D eigenvalue weighted by Crippen LogP contribution is 2.43. The molecular formula is C23H26FN3O4. The van der Waals surface area contributed by atoms with Crippen LogP contribution >= 0.6 is 0 Å². The average molecular weight is 427 g/mol. The van der Waals surface area contributed by atoms with Gasteiger partial charge >= 0.3 is 0 Å². The summed E-state index contributed by atoms with van der Waals surface area (Å²) in [4.78, 5) is 38.1. The molecule has 164 valence electrons. The largest absolute Gasteiger partial charge is 0.505 e. The number of amides is 1. The Kier molecular flexibility index (Phi) is 5.22. The first-order valence-electron chi connectivity index (χ1n) is 9.94. The number of rotatable bonds is 7. The quantitative estimate of drug-likeness (QED) is 0.393. The lowest BCUT2D eigenvalue weighted by Crippen LogP contribution is -2.37. The summed E-state index contributed by atoms with van der Waals surface area (Å²) in [7, 11) is 3.13. The Balaban J connectivity index is 0.00000193. The Morgan fingerprint density at radius 2 is 1.74 bits per heavy atom. The summed E-state index contributed by atoms with van der Waals surface area (Å²) in [6.07, 6.45) is 1.92. The molecule has 1 amide bonds. The lowest BCUT2D eigenvalue weighted by atomic mass is 10.0. The summed E-state index contributed by atoms with van der Waals surface area (Å²) in [6, 6.07) is 10.4. The number of aromatic hydroxyl groups is 1. The summed E-state index contributed by atoms with van der Waals surface area (Å²) in [5, 5.41) is 16.5. The minimum Gasteiger partial charge on any atom is -0.505 e. The van der Waals surface area contributed by atoms with Crippen LogP contribution in [0.5, 0.6) is 5.75 Å².